The Morgan fingerprint density at radius 2 is 2.00 bits per heavy atom. The summed E-state index contributed by atoms with van der Waals surface area (Å²) in [5.41, 5.74) is 0.386. The molecule has 1 saturated carbocycles. The lowest BCUT2D eigenvalue weighted by atomic mass is 10.0. The molecule has 1 aliphatic carbocycles. The summed E-state index contributed by atoms with van der Waals surface area (Å²) in [6.07, 6.45) is 1.71. The molecule has 0 unspecified atom stereocenters. The van der Waals surface area contributed by atoms with Gasteiger partial charge in [0, 0.05) is 17.5 Å². The van der Waals surface area contributed by atoms with Gasteiger partial charge in [0.25, 0.3) is 0 Å². The van der Waals surface area contributed by atoms with Crippen LogP contribution >= 0.6 is 0 Å². The molecule has 1 fully saturated rings. The van der Waals surface area contributed by atoms with Crippen molar-refractivity contribution in [1.29, 1.82) is 0 Å². The summed E-state index contributed by atoms with van der Waals surface area (Å²) in [6, 6.07) is 4.52. The second kappa shape index (κ2) is 5.54. The van der Waals surface area contributed by atoms with E-state index in [0.717, 1.165) is 12.8 Å². The van der Waals surface area contributed by atoms with E-state index in [0.29, 0.717) is 5.56 Å². The minimum atomic E-state index is -3.65. The van der Waals surface area contributed by atoms with Gasteiger partial charge in [-0.05, 0) is 31.0 Å². The molecular weight excluding hydrogens is 278 g/mol. The van der Waals surface area contributed by atoms with E-state index in [4.69, 9.17) is 4.74 Å². The van der Waals surface area contributed by atoms with Crippen molar-refractivity contribution in [2.24, 2.45) is 5.92 Å². The number of carbonyl (C=O) groups is 1. The number of sulfonamides is 1. The summed E-state index contributed by atoms with van der Waals surface area (Å²) in [7, 11) is -2.24. The lowest BCUT2D eigenvalue weighted by molar-refractivity contribution is 0.0939. The lowest BCUT2D eigenvalue weighted by Crippen LogP contribution is -2.26. The van der Waals surface area contributed by atoms with Gasteiger partial charge >= 0.3 is 0 Å². The minimum absolute atomic E-state index is 0.00848. The fourth-order valence-electron chi connectivity index (χ4n) is 1.86. The van der Waals surface area contributed by atoms with Crippen LogP contribution in [0.5, 0.6) is 5.75 Å². The zero-order chi connectivity index (χ0) is 14.9. The number of rotatable bonds is 6. The number of hydrogen-bond acceptors (Lipinski definition) is 4. The van der Waals surface area contributed by atoms with E-state index >= 15 is 0 Å². The number of hydrogen-bond donors (Lipinski definition) is 1. The van der Waals surface area contributed by atoms with E-state index in [1.807, 2.05) is 0 Å². The predicted octanol–water partition coefficient (Wildman–Crippen LogP) is 1.97. The van der Waals surface area contributed by atoms with Gasteiger partial charge in [-0.25, -0.2) is 13.1 Å². The maximum Gasteiger partial charge on any atom is 0.244 e. The van der Waals surface area contributed by atoms with Gasteiger partial charge in [0.1, 0.15) is 10.6 Å². The molecule has 0 aliphatic heterocycles. The number of carbonyl (C=O) groups excluding carboxylic acids is 1. The Bertz CT molecular complexity index is 618. The molecule has 0 heterocycles. The van der Waals surface area contributed by atoms with Crippen molar-refractivity contribution in [1.82, 2.24) is 4.72 Å². The van der Waals surface area contributed by atoms with Crippen molar-refractivity contribution in [3.8, 4) is 5.75 Å². The van der Waals surface area contributed by atoms with Gasteiger partial charge in [-0.2, -0.15) is 0 Å². The average molecular weight is 297 g/mol. The van der Waals surface area contributed by atoms with E-state index in [1.165, 1.54) is 19.2 Å². The largest absolute Gasteiger partial charge is 0.495 e. The summed E-state index contributed by atoms with van der Waals surface area (Å²) < 4.78 is 32.3. The van der Waals surface area contributed by atoms with Gasteiger partial charge in [0.2, 0.25) is 10.0 Å². The molecule has 5 nitrogen and oxygen atoms in total. The Morgan fingerprint density at radius 3 is 2.50 bits per heavy atom. The number of nitrogens with one attached hydrogen (secondary N) is 1. The first kappa shape index (κ1) is 15.0. The Labute approximate surface area is 119 Å². The maximum absolute atomic E-state index is 12.3. The molecular formula is C14H19NO4S. The summed E-state index contributed by atoms with van der Waals surface area (Å²) in [6.45, 7) is 3.56. The fourth-order valence-corrected chi connectivity index (χ4v) is 3.36. The third-order valence-electron chi connectivity index (χ3n) is 3.16. The molecule has 110 valence electrons. The summed E-state index contributed by atoms with van der Waals surface area (Å²) >= 11 is 0. The van der Waals surface area contributed by atoms with Crippen molar-refractivity contribution in [2.45, 2.75) is 37.6 Å². The molecule has 0 radical (unpaired) electrons. The molecule has 1 N–H and O–H groups in total. The first-order valence-electron chi connectivity index (χ1n) is 6.59. The summed E-state index contributed by atoms with van der Waals surface area (Å²) in [5.74, 6) is -0.0238. The van der Waals surface area contributed by atoms with Crippen LogP contribution in [0.1, 0.15) is 37.0 Å². The van der Waals surface area contributed by atoms with Crippen molar-refractivity contribution in [3.05, 3.63) is 23.8 Å². The van der Waals surface area contributed by atoms with Crippen LogP contribution in [0.3, 0.4) is 0 Å². The standard InChI is InChI=1S/C14H19NO4S/c1-9(2)14(16)10-4-7-12(19-3)13(8-10)20(17,18)15-11-5-6-11/h4,7-9,11,15H,5-6H2,1-3H3. The van der Waals surface area contributed by atoms with E-state index in [9.17, 15) is 13.2 Å². The monoisotopic (exact) mass is 297 g/mol. The summed E-state index contributed by atoms with van der Waals surface area (Å²) in [5, 5.41) is 0. The van der Waals surface area contributed by atoms with Crippen LogP contribution in [0.4, 0.5) is 0 Å². The molecule has 2 rings (SSSR count). The second-order valence-electron chi connectivity index (χ2n) is 5.28. The Balaban J connectivity index is 2.43. The highest BCUT2D eigenvalue weighted by Crippen LogP contribution is 2.28. The molecule has 0 amide bonds. The van der Waals surface area contributed by atoms with Crippen molar-refractivity contribution < 1.29 is 17.9 Å². The normalized spacial score (nSPS) is 15.4. The van der Waals surface area contributed by atoms with Gasteiger partial charge in [-0.15, -0.1) is 0 Å². The van der Waals surface area contributed by atoms with Gasteiger partial charge < -0.3 is 4.74 Å². The Kier molecular flexibility index (Phi) is 4.15. The van der Waals surface area contributed by atoms with Crippen LogP contribution in [-0.4, -0.2) is 27.4 Å². The highest BCUT2D eigenvalue weighted by molar-refractivity contribution is 7.89. The van der Waals surface area contributed by atoms with Crippen LogP contribution < -0.4 is 9.46 Å². The van der Waals surface area contributed by atoms with E-state index < -0.39 is 10.0 Å². The smallest absolute Gasteiger partial charge is 0.244 e. The molecule has 0 spiro atoms. The van der Waals surface area contributed by atoms with Crippen LogP contribution in [0.15, 0.2) is 23.1 Å². The number of Topliss-reactive ketones (excluding diaryl/α,β-unsaturated/α-hetero) is 1. The SMILES string of the molecule is COc1ccc(C(=O)C(C)C)cc1S(=O)(=O)NC1CC1. The van der Waals surface area contributed by atoms with Gasteiger partial charge in [0.05, 0.1) is 7.11 Å². The first-order chi connectivity index (χ1) is 9.35. The number of methoxy groups -OCH3 is 1. The van der Waals surface area contributed by atoms with E-state index in [-0.39, 0.29) is 28.4 Å². The van der Waals surface area contributed by atoms with Crippen molar-refractivity contribution in [2.75, 3.05) is 7.11 Å². The van der Waals surface area contributed by atoms with E-state index in [1.54, 1.807) is 19.9 Å². The van der Waals surface area contributed by atoms with Crippen molar-refractivity contribution >= 4 is 15.8 Å². The zero-order valence-corrected chi connectivity index (χ0v) is 12.7. The second-order valence-corrected chi connectivity index (χ2v) is 6.96. The van der Waals surface area contributed by atoms with Gasteiger partial charge in [-0.1, -0.05) is 13.8 Å². The van der Waals surface area contributed by atoms with E-state index in [2.05, 4.69) is 4.72 Å². The quantitative estimate of drug-likeness (QED) is 0.815. The number of ether oxygens (including phenoxy) is 1. The molecule has 0 saturated heterocycles. The predicted molar refractivity (Wildman–Crippen MR) is 75.5 cm³/mol. The van der Waals surface area contributed by atoms with Crippen LogP contribution in [0.25, 0.3) is 0 Å². The molecule has 0 atom stereocenters. The molecule has 1 aliphatic rings. The van der Waals surface area contributed by atoms with Gasteiger partial charge in [0.15, 0.2) is 5.78 Å². The Hall–Kier alpha value is -1.40. The maximum atomic E-state index is 12.3. The molecule has 0 bridgehead atoms. The zero-order valence-electron chi connectivity index (χ0n) is 11.8. The van der Waals surface area contributed by atoms with Crippen molar-refractivity contribution in [3.63, 3.8) is 0 Å². The molecule has 0 aromatic heterocycles. The third-order valence-corrected chi connectivity index (χ3v) is 4.70. The highest BCUT2D eigenvalue weighted by atomic mass is 32.2. The van der Waals surface area contributed by atoms with Gasteiger partial charge in [-0.3, -0.25) is 4.79 Å². The summed E-state index contributed by atoms with van der Waals surface area (Å²) in [4.78, 5) is 12.0. The molecule has 1 aromatic carbocycles. The lowest BCUT2D eigenvalue weighted by Gasteiger charge is -2.12. The van der Waals surface area contributed by atoms with Crippen LogP contribution in [0, 0.1) is 5.92 Å². The fraction of sp³-hybridized carbons (Fsp3) is 0.500. The average Bonchev–Trinajstić information content (AvgIpc) is 3.20. The molecule has 1 aromatic rings. The number of ketones is 1. The topological polar surface area (TPSA) is 72.5 Å². The Morgan fingerprint density at radius 1 is 1.35 bits per heavy atom. The molecule has 20 heavy (non-hydrogen) atoms. The van der Waals surface area contributed by atoms with Crippen LogP contribution in [0.2, 0.25) is 0 Å². The van der Waals surface area contributed by atoms with Crippen LogP contribution in [-0.2, 0) is 10.0 Å². The highest BCUT2D eigenvalue weighted by Gasteiger charge is 2.30. The molecule has 6 heteroatoms. The minimum Gasteiger partial charge on any atom is -0.495 e. The number of benzene rings is 1. The third kappa shape index (κ3) is 3.19. The first-order valence-corrected chi connectivity index (χ1v) is 8.08.